The van der Waals surface area contributed by atoms with E-state index < -0.39 is 0 Å². The number of rotatable bonds is 2. The summed E-state index contributed by atoms with van der Waals surface area (Å²) in [5.41, 5.74) is 6.09. The van der Waals surface area contributed by atoms with E-state index in [1.807, 2.05) is 26.8 Å². The lowest BCUT2D eigenvalue weighted by molar-refractivity contribution is 1.19. The number of hydrogen-bond acceptors (Lipinski definition) is 1. The second kappa shape index (κ2) is 10.3. The Morgan fingerprint density at radius 2 is 2.00 bits per heavy atom. The van der Waals surface area contributed by atoms with Crippen molar-refractivity contribution in [3.05, 3.63) is 24.4 Å². The normalized spacial score (nSPS) is 9.44. The maximum absolute atomic E-state index is 5.33. The van der Waals surface area contributed by atoms with Crippen LogP contribution in [0, 0.1) is 0 Å². The van der Waals surface area contributed by atoms with Gasteiger partial charge in [-0.05, 0) is 12.5 Å². The van der Waals surface area contributed by atoms with Crippen molar-refractivity contribution in [2.45, 2.75) is 27.2 Å². The Balaban J connectivity index is 0. The molecule has 2 N–H and O–H groups in total. The maximum Gasteiger partial charge on any atom is 0.0267 e. The van der Waals surface area contributed by atoms with Gasteiger partial charge in [0.2, 0.25) is 0 Å². The van der Waals surface area contributed by atoms with Gasteiger partial charge in [0.25, 0.3) is 0 Å². The smallest absolute Gasteiger partial charge is 0.0267 e. The Morgan fingerprint density at radius 3 is 2.11 bits per heavy atom. The quantitative estimate of drug-likeness (QED) is 0.566. The zero-order valence-corrected chi connectivity index (χ0v) is 6.65. The van der Waals surface area contributed by atoms with Crippen LogP contribution < -0.4 is 5.73 Å². The van der Waals surface area contributed by atoms with Crippen LogP contribution in [0.1, 0.15) is 27.2 Å². The van der Waals surface area contributed by atoms with E-state index in [1.54, 1.807) is 6.08 Å². The van der Waals surface area contributed by atoms with Crippen molar-refractivity contribution >= 4 is 0 Å². The first-order chi connectivity index (χ1) is 4.31. The molecule has 1 nitrogen and oxygen atoms in total. The first kappa shape index (κ1) is 11.1. The molecule has 1 heteroatoms. The van der Waals surface area contributed by atoms with E-state index in [1.165, 1.54) is 0 Å². The number of allylic oxidation sites excluding steroid dienone is 2. The highest BCUT2D eigenvalue weighted by atomic mass is 14.5. The molecule has 0 unspecified atom stereocenters. The molecule has 0 aliphatic rings. The Morgan fingerprint density at radius 1 is 1.56 bits per heavy atom. The second-order valence-electron chi connectivity index (χ2n) is 1.32. The van der Waals surface area contributed by atoms with Crippen LogP contribution in [0.5, 0.6) is 0 Å². The van der Waals surface area contributed by atoms with Gasteiger partial charge in [-0.15, -0.1) is 0 Å². The van der Waals surface area contributed by atoms with E-state index in [-0.39, 0.29) is 0 Å². The first-order valence-electron chi connectivity index (χ1n) is 3.39. The molecule has 0 spiro atoms. The van der Waals surface area contributed by atoms with E-state index in [4.69, 9.17) is 5.73 Å². The van der Waals surface area contributed by atoms with Crippen molar-refractivity contribution in [1.82, 2.24) is 0 Å². The molecule has 0 aliphatic carbocycles. The first-order valence-corrected chi connectivity index (χ1v) is 3.39. The zero-order chi connectivity index (χ0) is 7.70. The van der Waals surface area contributed by atoms with Crippen LogP contribution in [-0.4, -0.2) is 0 Å². The van der Waals surface area contributed by atoms with Gasteiger partial charge in [0.1, 0.15) is 0 Å². The van der Waals surface area contributed by atoms with E-state index in [2.05, 4.69) is 6.58 Å². The van der Waals surface area contributed by atoms with Gasteiger partial charge in [-0.2, -0.15) is 0 Å². The monoisotopic (exact) mass is 127 g/mol. The lowest BCUT2D eigenvalue weighted by Gasteiger charge is -1.84. The van der Waals surface area contributed by atoms with Gasteiger partial charge in [0, 0.05) is 5.70 Å². The minimum atomic E-state index is 0.766. The molecule has 0 aromatic carbocycles. The van der Waals surface area contributed by atoms with Crippen LogP contribution in [0.4, 0.5) is 0 Å². The predicted octanol–water partition coefficient (Wildman–Crippen LogP) is 2.45. The molecule has 0 atom stereocenters. The third-order valence-corrected chi connectivity index (χ3v) is 0.676. The second-order valence-corrected chi connectivity index (χ2v) is 1.32. The molecular formula is C8H17N. The molecule has 0 amide bonds. The fourth-order valence-electron chi connectivity index (χ4n) is 0.319. The molecule has 0 saturated heterocycles. The average Bonchev–Trinajstić information content (AvgIpc) is 1.93. The standard InChI is InChI=1S/C6H11N.C2H6/c1-3-5-6(7)4-2;1-2/h4-5H,2-3,7H2,1H3;1-2H3/b6-5+;. The van der Waals surface area contributed by atoms with Crippen LogP contribution in [0.25, 0.3) is 0 Å². The van der Waals surface area contributed by atoms with E-state index in [9.17, 15) is 0 Å². The molecule has 0 saturated carbocycles. The lowest BCUT2D eigenvalue weighted by atomic mass is 10.3. The molecule has 0 bridgehead atoms. The summed E-state index contributed by atoms with van der Waals surface area (Å²) < 4.78 is 0. The molecule has 54 valence electrons. The Labute approximate surface area is 58.3 Å². The third kappa shape index (κ3) is 11.1. The van der Waals surface area contributed by atoms with Crippen molar-refractivity contribution in [2.24, 2.45) is 5.73 Å². The minimum absolute atomic E-state index is 0.766. The van der Waals surface area contributed by atoms with Crippen LogP contribution >= 0.6 is 0 Å². The van der Waals surface area contributed by atoms with Gasteiger partial charge in [-0.3, -0.25) is 0 Å². The van der Waals surface area contributed by atoms with Crippen LogP contribution in [0.15, 0.2) is 24.4 Å². The summed E-state index contributed by atoms with van der Waals surface area (Å²) in [7, 11) is 0. The average molecular weight is 127 g/mol. The van der Waals surface area contributed by atoms with Gasteiger partial charge in [0.05, 0.1) is 0 Å². The van der Waals surface area contributed by atoms with Gasteiger partial charge in [-0.25, -0.2) is 0 Å². The summed E-state index contributed by atoms with van der Waals surface area (Å²) in [6, 6.07) is 0. The largest absolute Gasteiger partial charge is 0.399 e. The fourth-order valence-corrected chi connectivity index (χ4v) is 0.319. The van der Waals surface area contributed by atoms with Crippen molar-refractivity contribution in [3.63, 3.8) is 0 Å². The van der Waals surface area contributed by atoms with E-state index in [0.717, 1.165) is 12.1 Å². The molecule has 0 rings (SSSR count). The summed E-state index contributed by atoms with van der Waals surface area (Å²) in [5.74, 6) is 0. The summed E-state index contributed by atoms with van der Waals surface area (Å²) in [6.07, 6.45) is 4.55. The van der Waals surface area contributed by atoms with Gasteiger partial charge in [-0.1, -0.05) is 33.4 Å². The van der Waals surface area contributed by atoms with Crippen molar-refractivity contribution in [1.29, 1.82) is 0 Å². The molecule has 0 aromatic rings. The van der Waals surface area contributed by atoms with E-state index in [0.29, 0.717) is 0 Å². The zero-order valence-electron chi connectivity index (χ0n) is 6.65. The number of nitrogens with two attached hydrogens (primary N) is 1. The van der Waals surface area contributed by atoms with Crippen LogP contribution in [0.2, 0.25) is 0 Å². The van der Waals surface area contributed by atoms with E-state index >= 15 is 0 Å². The Bertz CT molecular complexity index is 82.6. The Kier molecular flexibility index (Phi) is 12.7. The molecule has 0 fully saturated rings. The molecular weight excluding hydrogens is 110 g/mol. The number of hydrogen-bond donors (Lipinski definition) is 1. The van der Waals surface area contributed by atoms with Crippen LogP contribution in [-0.2, 0) is 0 Å². The summed E-state index contributed by atoms with van der Waals surface area (Å²) >= 11 is 0. The molecule has 0 heterocycles. The highest BCUT2D eigenvalue weighted by molar-refractivity contribution is 5.10. The van der Waals surface area contributed by atoms with Crippen molar-refractivity contribution < 1.29 is 0 Å². The maximum atomic E-state index is 5.33. The summed E-state index contributed by atoms with van der Waals surface area (Å²) in [4.78, 5) is 0. The Hall–Kier alpha value is -0.720. The van der Waals surface area contributed by atoms with Gasteiger partial charge < -0.3 is 5.73 Å². The SMILES string of the molecule is C=C/C(N)=C\CC.CC. The molecule has 0 aromatic heterocycles. The summed E-state index contributed by atoms with van der Waals surface area (Å²) in [6.45, 7) is 9.52. The predicted molar refractivity (Wildman–Crippen MR) is 44.1 cm³/mol. The van der Waals surface area contributed by atoms with Gasteiger partial charge >= 0.3 is 0 Å². The highest BCUT2D eigenvalue weighted by Crippen LogP contribution is 1.85. The topological polar surface area (TPSA) is 26.0 Å². The van der Waals surface area contributed by atoms with Crippen molar-refractivity contribution in [2.75, 3.05) is 0 Å². The molecule has 0 aliphatic heterocycles. The van der Waals surface area contributed by atoms with Crippen molar-refractivity contribution in [3.8, 4) is 0 Å². The molecule has 0 radical (unpaired) electrons. The third-order valence-electron chi connectivity index (χ3n) is 0.676. The minimum Gasteiger partial charge on any atom is -0.399 e. The fraction of sp³-hybridized carbons (Fsp3) is 0.500. The summed E-state index contributed by atoms with van der Waals surface area (Å²) in [5, 5.41) is 0. The van der Waals surface area contributed by atoms with Crippen LogP contribution in [0.3, 0.4) is 0 Å². The highest BCUT2D eigenvalue weighted by Gasteiger charge is 1.72. The van der Waals surface area contributed by atoms with Gasteiger partial charge in [0.15, 0.2) is 0 Å². The lowest BCUT2D eigenvalue weighted by Crippen LogP contribution is -1.89. The molecule has 9 heavy (non-hydrogen) atoms.